The van der Waals surface area contributed by atoms with Crippen molar-refractivity contribution in [3.63, 3.8) is 0 Å². The fourth-order valence-corrected chi connectivity index (χ4v) is 0.808. The number of nitrogens with two attached hydrogens (primary N) is 1. The number of hydrogen-bond donors (Lipinski definition) is 2. The van der Waals surface area contributed by atoms with Crippen LogP contribution in [0, 0.1) is 5.92 Å². The van der Waals surface area contributed by atoms with E-state index in [1.165, 1.54) is 0 Å². The molecule has 1 aromatic rings. The van der Waals surface area contributed by atoms with Gasteiger partial charge in [0.2, 0.25) is 5.89 Å². The SMILES string of the molecule is CC(C)CNCc1nc(N)no1. The minimum atomic E-state index is 0.191. The largest absolute Gasteiger partial charge is 0.365 e. The maximum atomic E-state index is 5.27. The van der Waals surface area contributed by atoms with Gasteiger partial charge >= 0.3 is 0 Å². The first-order valence-corrected chi connectivity index (χ1v) is 3.97. The minimum absolute atomic E-state index is 0.191. The summed E-state index contributed by atoms with van der Waals surface area (Å²) in [6.45, 7) is 5.79. The quantitative estimate of drug-likeness (QED) is 0.683. The molecule has 0 saturated heterocycles. The molecule has 12 heavy (non-hydrogen) atoms. The van der Waals surface area contributed by atoms with Crippen LogP contribution >= 0.6 is 0 Å². The van der Waals surface area contributed by atoms with Gasteiger partial charge in [-0.3, -0.25) is 0 Å². The maximum Gasteiger partial charge on any atom is 0.260 e. The monoisotopic (exact) mass is 170 g/mol. The molecule has 5 nitrogen and oxygen atoms in total. The molecule has 68 valence electrons. The second-order valence-corrected chi connectivity index (χ2v) is 3.07. The lowest BCUT2D eigenvalue weighted by molar-refractivity contribution is 0.364. The number of aromatic nitrogens is 2. The summed E-state index contributed by atoms with van der Waals surface area (Å²) < 4.78 is 4.80. The van der Waals surface area contributed by atoms with Gasteiger partial charge in [-0.25, -0.2) is 0 Å². The van der Waals surface area contributed by atoms with Crippen LogP contribution in [0.4, 0.5) is 5.95 Å². The van der Waals surface area contributed by atoms with E-state index in [2.05, 4.69) is 29.3 Å². The van der Waals surface area contributed by atoms with Crippen molar-refractivity contribution in [1.29, 1.82) is 0 Å². The molecular formula is C7H14N4O. The molecule has 1 heterocycles. The highest BCUT2D eigenvalue weighted by atomic mass is 16.5. The zero-order chi connectivity index (χ0) is 8.97. The predicted octanol–water partition coefficient (Wildman–Crippen LogP) is 0.397. The Hall–Kier alpha value is -1.10. The zero-order valence-electron chi connectivity index (χ0n) is 7.37. The lowest BCUT2D eigenvalue weighted by Crippen LogP contribution is -2.19. The van der Waals surface area contributed by atoms with Crippen molar-refractivity contribution < 1.29 is 4.52 Å². The Bertz CT molecular complexity index is 233. The maximum absolute atomic E-state index is 5.27. The lowest BCUT2D eigenvalue weighted by atomic mass is 10.2. The van der Waals surface area contributed by atoms with Crippen LogP contribution in [0.5, 0.6) is 0 Å². The highest BCUT2D eigenvalue weighted by Gasteiger charge is 2.01. The first-order chi connectivity index (χ1) is 5.68. The lowest BCUT2D eigenvalue weighted by Gasteiger charge is -2.03. The number of nitrogen functional groups attached to an aromatic ring is 1. The van der Waals surface area contributed by atoms with Crippen LogP contribution in [0.1, 0.15) is 19.7 Å². The topological polar surface area (TPSA) is 77.0 Å². The van der Waals surface area contributed by atoms with Crippen LogP contribution in [-0.2, 0) is 6.54 Å². The molecule has 0 amide bonds. The van der Waals surface area contributed by atoms with Crippen molar-refractivity contribution in [3.05, 3.63) is 5.89 Å². The normalized spacial score (nSPS) is 10.9. The van der Waals surface area contributed by atoms with E-state index in [0.717, 1.165) is 6.54 Å². The molecule has 0 spiro atoms. The highest BCUT2D eigenvalue weighted by molar-refractivity contribution is 5.10. The number of anilines is 1. The van der Waals surface area contributed by atoms with E-state index in [1.54, 1.807) is 0 Å². The van der Waals surface area contributed by atoms with Gasteiger partial charge in [-0.05, 0) is 17.6 Å². The van der Waals surface area contributed by atoms with Gasteiger partial charge < -0.3 is 15.6 Å². The zero-order valence-corrected chi connectivity index (χ0v) is 7.37. The van der Waals surface area contributed by atoms with Gasteiger partial charge in [-0.15, -0.1) is 0 Å². The summed E-state index contributed by atoms with van der Waals surface area (Å²) in [6, 6.07) is 0. The number of hydrogen-bond acceptors (Lipinski definition) is 5. The molecule has 0 aromatic carbocycles. The van der Waals surface area contributed by atoms with Gasteiger partial charge in [0.05, 0.1) is 6.54 Å². The smallest absolute Gasteiger partial charge is 0.260 e. The van der Waals surface area contributed by atoms with Crippen molar-refractivity contribution >= 4 is 5.95 Å². The Kier molecular flexibility index (Phi) is 3.04. The van der Waals surface area contributed by atoms with Crippen molar-refractivity contribution in [2.24, 2.45) is 5.92 Å². The second-order valence-electron chi connectivity index (χ2n) is 3.07. The van der Waals surface area contributed by atoms with E-state index >= 15 is 0 Å². The standard InChI is InChI=1S/C7H14N4O/c1-5(2)3-9-4-6-10-7(8)11-12-6/h5,9H,3-4H2,1-2H3,(H2,8,11). The molecule has 3 N–H and O–H groups in total. The molecule has 0 aliphatic rings. The molecule has 0 saturated carbocycles. The molecular weight excluding hydrogens is 156 g/mol. The van der Waals surface area contributed by atoms with Crippen LogP contribution < -0.4 is 11.1 Å². The third-order valence-electron chi connectivity index (χ3n) is 1.31. The van der Waals surface area contributed by atoms with Crippen LogP contribution in [0.15, 0.2) is 4.52 Å². The van der Waals surface area contributed by atoms with E-state index < -0.39 is 0 Å². The fourth-order valence-electron chi connectivity index (χ4n) is 0.808. The van der Waals surface area contributed by atoms with Gasteiger partial charge in [0.1, 0.15) is 0 Å². The molecule has 0 aliphatic heterocycles. The Morgan fingerprint density at radius 1 is 1.58 bits per heavy atom. The van der Waals surface area contributed by atoms with Crippen LogP contribution in [-0.4, -0.2) is 16.7 Å². The average molecular weight is 170 g/mol. The summed E-state index contributed by atoms with van der Waals surface area (Å²) in [5.41, 5.74) is 5.27. The first-order valence-electron chi connectivity index (χ1n) is 3.97. The summed E-state index contributed by atoms with van der Waals surface area (Å²) in [7, 11) is 0. The van der Waals surface area contributed by atoms with Crippen molar-refractivity contribution in [1.82, 2.24) is 15.5 Å². The predicted molar refractivity (Wildman–Crippen MR) is 45.3 cm³/mol. The van der Waals surface area contributed by atoms with Gasteiger partial charge in [0, 0.05) is 0 Å². The fraction of sp³-hybridized carbons (Fsp3) is 0.714. The van der Waals surface area contributed by atoms with E-state index in [-0.39, 0.29) is 5.95 Å². The second kappa shape index (κ2) is 4.06. The van der Waals surface area contributed by atoms with E-state index in [1.807, 2.05) is 0 Å². The molecule has 0 atom stereocenters. The minimum Gasteiger partial charge on any atom is -0.365 e. The van der Waals surface area contributed by atoms with Gasteiger partial charge in [-0.1, -0.05) is 13.8 Å². The summed E-state index contributed by atoms with van der Waals surface area (Å²) in [5.74, 6) is 1.34. The number of nitrogens with zero attached hydrogens (tertiary/aromatic N) is 2. The number of nitrogens with one attached hydrogen (secondary N) is 1. The number of rotatable bonds is 4. The molecule has 0 fully saturated rings. The van der Waals surface area contributed by atoms with Gasteiger partial charge in [0.15, 0.2) is 0 Å². The van der Waals surface area contributed by atoms with Crippen molar-refractivity contribution in [3.8, 4) is 0 Å². The van der Waals surface area contributed by atoms with E-state index in [9.17, 15) is 0 Å². The third kappa shape index (κ3) is 2.87. The van der Waals surface area contributed by atoms with Crippen LogP contribution in [0.25, 0.3) is 0 Å². The molecule has 1 rings (SSSR count). The molecule has 0 unspecified atom stereocenters. The summed E-state index contributed by atoms with van der Waals surface area (Å²) in [5, 5.41) is 6.63. The molecule has 0 bridgehead atoms. The summed E-state index contributed by atoms with van der Waals surface area (Å²) >= 11 is 0. The van der Waals surface area contributed by atoms with Gasteiger partial charge in [0.25, 0.3) is 5.95 Å². The Morgan fingerprint density at radius 2 is 2.33 bits per heavy atom. The average Bonchev–Trinajstić information content (AvgIpc) is 2.35. The van der Waals surface area contributed by atoms with Crippen LogP contribution in [0.3, 0.4) is 0 Å². The van der Waals surface area contributed by atoms with E-state index in [0.29, 0.717) is 18.4 Å². The molecule has 1 aromatic heterocycles. The highest BCUT2D eigenvalue weighted by Crippen LogP contribution is 1.97. The summed E-state index contributed by atoms with van der Waals surface area (Å²) in [4.78, 5) is 3.85. The van der Waals surface area contributed by atoms with Crippen molar-refractivity contribution in [2.45, 2.75) is 20.4 Å². The van der Waals surface area contributed by atoms with Gasteiger partial charge in [-0.2, -0.15) is 4.98 Å². The van der Waals surface area contributed by atoms with Crippen LogP contribution in [0.2, 0.25) is 0 Å². The third-order valence-corrected chi connectivity index (χ3v) is 1.31. The molecule has 5 heteroatoms. The molecule has 0 aliphatic carbocycles. The Morgan fingerprint density at radius 3 is 2.83 bits per heavy atom. The Labute approximate surface area is 71.3 Å². The van der Waals surface area contributed by atoms with E-state index in [4.69, 9.17) is 10.3 Å². The summed E-state index contributed by atoms with van der Waals surface area (Å²) in [6.07, 6.45) is 0. The van der Waals surface area contributed by atoms with Crippen molar-refractivity contribution in [2.75, 3.05) is 12.3 Å². The Balaban J connectivity index is 2.24. The molecule has 0 radical (unpaired) electrons. The first kappa shape index (κ1) is 8.99.